The van der Waals surface area contributed by atoms with Gasteiger partial charge in [0.1, 0.15) is 0 Å². The van der Waals surface area contributed by atoms with E-state index < -0.39 is 0 Å². The van der Waals surface area contributed by atoms with Gasteiger partial charge in [-0.25, -0.2) is 0 Å². The Hall–Kier alpha value is -1.04. The van der Waals surface area contributed by atoms with Crippen molar-refractivity contribution in [3.8, 4) is 0 Å². The van der Waals surface area contributed by atoms with Crippen LogP contribution in [0.5, 0.6) is 0 Å². The molecule has 0 atom stereocenters. The highest BCUT2D eigenvalue weighted by atomic mass is 13.9. The van der Waals surface area contributed by atoms with E-state index in [1.807, 2.05) is 0 Å². The van der Waals surface area contributed by atoms with Crippen LogP contribution < -0.4 is 0 Å². The molecular weight excluding hydrogens is 192 g/mol. The fourth-order valence-electron chi connectivity index (χ4n) is 1.75. The molecule has 2 aliphatic carbocycles. The van der Waals surface area contributed by atoms with Crippen molar-refractivity contribution in [2.75, 3.05) is 0 Å². The van der Waals surface area contributed by atoms with E-state index in [2.05, 4.69) is 48.6 Å². The molecule has 0 aromatic heterocycles. The second-order valence-corrected chi connectivity index (χ2v) is 4.28. The van der Waals surface area contributed by atoms with Crippen LogP contribution in [0.15, 0.2) is 48.6 Å². The lowest BCUT2D eigenvalue weighted by atomic mass is 10.1. The van der Waals surface area contributed by atoms with Crippen molar-refractivity contribution in [3.05, 3.63) is 48.6 Å². The Kier molecular flexibility index (Phi) is 8.53. The average Bonchev–Trinajstić information content (AvgIpc) is 2.15. The van der Waals surface area contributed by atoms with Gasteiger partial charge in [0.15, 0.2) is 0 Å². The maximum absolute atomic E-state index is 2.23. The first-order chi connectivity index (χ1) is 8.00. The molecule has 0 bridgehead atoms. The first kappa shape index (κ1) is 13.0. The number of allylic oxidation sites excluding steroid dienone is 8. The topological polar surface area (TPSA) is 0 Å². The molecule has 0 heteroatoms. The predicted octanol–water partition coefficient (Wildman–Crippen LogP) is 5.35. The average molecular weight is 216 g/mol. The highest BCUT2D eigenvalue weighted by Crippen LogP contribution is 2.05. The van der Waals surface area contributed by atoms with Gasteiger partial charge in [-0.05, 0) is 51.4 Å². The molecular formula is C16H24. The molecule has 0 spiro atoms. The fourth-order valence-corrected chi connectivity index (χ4v) is 1.75. The minimum absolute atomic E-state index is 1.27. The molecule has 0 saturated carbocycles. The van der Waals surface area contributed by atoms with Gasteiger partial charge in [0.05, 0.1) is 0 Å². The third kappa shape index (κ3) is 8.28. The summed E-state index contributed by atoms with van der Waals surface area (Å²) in [7, 11) is 0. The van der Waals surface area contributed by atoms with Crippen molar-refractivity contribution >= 4 is 0 Å². The first-order valence-corrected chi connectivity index (χ1v) is 6.63. The molecule has 0 fully saturated rings. The molecule has 2 aliphatic rings. The Morgan fingerprint density at radius 2 is 0.625 bits per heavy atom. The van der Waals surface area contributed by atoms with E-state index in [9.17, 15) is 0 Å². The molecule has 16 heavy (non-hydrogen) atoms. The predicted molar refractivity (Wildman–Crippen MR) is 73.5 cm³/mol. The molecule has 0 nitrogen and oxygen atoms in total. The third-order valence-electron chi connectivity index (χ3n) is 2.75. The highest BCUT2D eigenvalue weighted by molar-refractivity contribution is 5.04. The van der Waals surface area contributed by atoms with E-state index >= 15 is 0 Å². The van der Waals surface area contributed by atoms with Gasteiger partial charge in [-0.2, -0.15) is 0 Å². The lowest BCUT2D eigenvalue weighted by molar-refractivity contribution is 0.758. The van der Waals surface area contributed by atoms with Crippen molar-refractivity contribution < 1.29 is 0 Å². The quantitative estimate of drug-likeness (QED) is 0.512. The van der Waals surface area contributed by atoms with Gasteiger partial charge in [-0.3, -0.25) is 0 Å². The van der Waals surface area contributed by atoms with Gasteiger partial charge in [-0.1, -0.05) is 48.6 Å². The van der Waals surface area contributed by atoms with E-state index in [0.717, 1.165) is 0 Å². The maximum atomic E-state index is 2.23. The van der Waals surface area contributed by atoms with Gasteiger partial charge in [0.25, 0.3) is 0 Å². The summed E-state index contributed by atoms with van der Waals surface area (Å²) in [5, 5.41) is 0. The Bertz CT molecular complexity index is 197. The minimum Gasteiger partial charge on any atom is -0.0845 e. The molecule has 0 N–H and O–H groups in total. The van der Waals surface area contributed by atoms with Crippen molar-refractivity contribution in [2.24, 2.45) is 0 Å². The number of hydrogen-bond acceptors (Lipinski definition) is 0. The minimum atomic E-state index is 1.27. The molecule has 0 radical (unpaired) electrons. The molecule has 0 amide bonds. The standard InChI is InChI=1S/2C8H12/c2*1-2-4-6-8-7-5-3-1/h2*1-4H,5-8H2. The Balaban J connectivity index is 0.000000160. The zero-order valence-corrected chi connectivity index (χ0v) is 10.3. The van der Waals surface area contributed by atoms with Gasteiger partial charge < -0.3 is 0 Å². The van der Waals surface area contributed by atoms with Crippen LogP contribution in [-0.2, 0) is 0 Å². The Labute approximate surface area is 100 Å². The molecule has 0 unspecified atom stereocenters. The van der Waals surface area contributed by atoms with E-state index in [4.69, 9.17) is 0 Å². The van der Waals surface area contributed by atoms with Crippen molar-refractivity contribution in [1.29, 1.82) is 0 Å². The molecule has 2 rings (SSSR count). The molecule has 0 aromatic carbocycles. The fraction of sp³-hybridized carbons (Fsp3) is 0.500. The summed E-state index contributed by atoms with van der Waals surface area (Å²) in [5.41, 5.74) is 0. The van der Waals surface area contributed by atoms with Crippen molar-refractivity contribution in [2.45, 2.75) is 51.4 Å². The lowest BCUT2D eigenvalue weighted by Gasteiger charge is -1.94. The molecule has 0 aliphatic heterocycles. The molecule has 88 valence electrons. The van der Waals surface area contributed by atoms with Crippen molar-refractivity contribution in [1.82, 2.24) is 0 Å². The third-order valence-corrected chi connectivity index (χ3v) is 2.75. The summed E-state index contributed by atoms with van der Waals surface area (Å²) in [6.07, 6.45) is 28.0. The summed E-state index contributed by atoms with van der Waals surface area (Å²) in [5.74, 6) is 0. The largest absolute Gasteiger partial charge is 0.0845 e. The zero-order chi connectivity index (χ0) is 11.3. The lowest BCUT2D eigenvalue weighted by Crippen LogP contribution is -1.74. The normalized spacial score (nSPS) is 20.0. The van der Waals surface area contributed by atoms with Gasteiger partial charge in [0.2, 0.25) is 0 Å². The van der Waals surface area contributed by atoms with Crippen LogP contribution in [0, 0.1) is 0 Å². The number of hydrogen-bond donors (Lipinski definition) is 0. The zero-order valence-electron chi connectivity index (χ0n) is 10.3. The molecule has 0 aromatic rings. The van der Waals surface area contributed by atoms with E-state index in [-0.39, 0.29) is 0 Å². The van der Waals surface area contributed by atoms with E-state index in [1.165, 1.54) is 51.4 Å². The molecule has 0 heterocycles. The van der Waals surface area contributed by atoms with Crippen LogP contribution in [0.25, 0.3) is 0 Å². The van der Waals surface area contributed by atoms with E-state index in [0.29, 0.717) is 0 Å². The Morgan fingerprint density at radius 3 is 0.875 bits per heavy atom. The van der Waals surface area contributed by atoms with Crippen LogP contribution in [0.1, 0.15) is 51.4 Å². The van der Waals surface area contributed by atoms with Crippen LogP contribution >= 0.6 is 0 Å². The van der Waals surface area contributed by atoms with Crippen LogP contribution in [0.3, 0.4) is 0 Å². The summed E-state index contributed by atoms with van der Waals surface area (Å²) in [6.45, 7) is 0. The monoisotopic (exact) mass is 216 g/mol. The summed E-state index contributed by atoms with van der Waals surface area (Å²) >= 11 is 0. The van der Waals surface area contributed by atoms with Crippen LogP contribution in [0.2, 0.25) is 0 Å². The second kappa shape index (κ2) is 10.5. The van der Waals surface area contributed by atoms with Gasteiger partial charge in [0, 0.05) is 0 Å². The Morgan fingerprint density at radius 1 is 0.375 bits per heavy atom. The number of rotatable bonds is 0. The van der Waals surface area contributed by atoms with E-state index in [1.54, 1.807) is 0 Å². The highest BCUT2D eigenvalue weighted by Gasteiger charge is 1.85. The second-order valence-electron chi connectivity index (χ2n) is 4.28. The van der Waals surface area contributed by atoms with Crippen LogP contribution in [-0.4, -0.2) is 0 Å². The van der Waals surface area contributed by atoms with Gasteiger partial charge in [-0.15, -0.1) is 0 Å². The summed E-state index contributed by atoms with van der Waals surface area (Å²) < 4.78 is 0. The maximum Gasteiger partial charge on any atom is -0.0347 e. The SMILES string of the molecule is C1=CCCCCC=C1.C1=CCCCCC=C1. The first-order valence-electron chi connectivity index (χ1n) is 6.63. The molecule has 0 saturated heterocycles. The summed E-state index contributed by atoms with van der Waals surface area (Å²) in [4.78, 5) is 0. The summed E-state index contributed by atoms with van der Waals surface area (Å²) in [6, 6.07) is 0. The van der Waals surface area contributed by atoms with Crippen LogP contribution in [0.4, 0.5) is 0 Å². The smallest absolute Gasteiger partial charge is 0.0347 e. The van der Waals surface area contributed by atoms with Gasteiger partial charge >= 0.3 is 0 Å². The van der Waals surface area contributed by atoms with Crippen molar-refractivity contribution in [3.63, 3.8) is 0 Å².